The fourth-order valence-corrected chi connectivity index (χ4v) is 3.23. The third-order valence-corrected chi connectivity index (χ3v) is 4.38. The third kappa shape index (κ3) is 3.21. The van der Waals surface area contributed by atoms with E-state index in [4.69, 9.17) is 0 Å². The molecule has 0 aliphatic carbocycles. The molecule has 1 nitrogen and oxygen atoms in total. The van der Waals surface area contributed by atoms with E-state index in [-0.39, 0.29) is 0 Å². The van der Waals surface area contributed by atoms with E-state index in [1.807, 2.05) is 0 Å². The quantitative estimate of drug-likeness (QED) is 0.478. The first-order valence-corrected chi connectivity index (χ1v) is 8.37. The number of hydrogen-bond acceptors (Lipinski definition) is 0. The van der Waals surface area contributed by atoms with Crippen LogP contribution in [0.3, 0.4) is 0 Å². The minimum absolute atomic E-state index is 0.896. The molecule has 3 aromatic carbocycles. The van der Waals surface area contributed by atoms with E-state index in [1.165, 1.54) is 27.5 Å². The van der Waals surface area contributed by atoms with Gasteiger partial charge in [0, 0.05) is 22.9 Å². The fraction of sp³-hybridized carbons (Fsp3) is 0.0870. The molecule has 4 rings (SSSR count). The van der Waals surface area contributed by atoms with Crippen molar-refractivity contribution in [2.45, 2.75) is 13.0 Å². The summed E-state index contributed by atoms with van der Waals surface area (Å²) in [6.45, 7) is 0.896. The largest absolute Gasteiger partial charge is 0.200 e. The molecule has 0 unspecified atom stereocenters. The van der Waals surface area contributed by atoms with Gasteiger partial charge in [0.05, 0.1) is 0 Å². The van der Waals surface area contributed by atoms with Gasteiger partial charge in [-0.2, -0.15) is 4.57 Å². The lowest BCUT2D eigenvalue weighted by molar-refractivity contribution is -0.687. The molecule has 116 valence electrons. The molecule has 1 heterocycles. The molecule has 0 bridgehead atoms. The van der Waals surface area contributed by atoms with Gasteiger partial charge in [-0.05, 0) is 17.0 Å². The van der Waals surface area contributed by atoms with Crippen molar-refractivity contribution in [2.75, 3.05) is 0 Å². The topological polar surface area (TPSA) is 3.88 Å². The first-order chi connectivity index (χ1) is 11.9. The second-order valence-electron chi connectivity index (χ2n) is 6.19. The molecule has 0 spiro atoms. The molecular formula is C23H20N+. The normalized spacial score (nSPS) is 10.8. The average molecular weight is 310 g/mol. The summed E-state index contributed by atoms with van der Waals surface area (Å²) >= 11 is 0. The zero-order valence-electron chi connectivity index (χ0n) is 13.6. The highest BCUT2D eigenvalue weighted by atomic mass is 14.9. The summed E-state index contributed by atoms with van der Waals surface area (Å²) in [6.07, 6.45) is 5.50. The number of nitrogens with zero attached hydrogens (tertiary/aromatic N) is 1. The summed E-state index contributed by atoms with van der Waals surface area (Å²) < 4.78 is 2.30. The van der Waals surface area contributed by atoms with Crippen LogP contribution in [0.4, 0.5) is 0 Å². The number of hydrogen-bond donors (Lipinski definition) is 0. The standard InChI is InChI=1S/C23H20N/c1-3-9-19(10-4-1)15-22-18-24(16-20-11-5-2-6-12-20)17-21-13-7-8-14-23(21)22/h1-14,17-18H,15-16H2/q+1. The van der Waals surface area contributed by atoms with Gasteiger partial charge in [-0.3, -0.25) is 0 Å². The lowest BCUT2D eigenvalue weighted by Crippen LogP contribution is -2.34. The van der Waals surface area contributed by atoms with Crippen LogP contribution in [0.2, 0.25) is 0 Å². The predicted octanol–water partition coefficient (Wildman–Crippen LogP) is 4.77. The zero-order valence-corrected chi connectivity index (χ0v) is 13.6. The van der Waals surface area contributed by atoms with Crippen molar-refractivity contribution in [2.24, 2.45) is 0 Å². The van der Waals surface area contributed by atoms with Gasteiger partial charge in [-0.1, -0.05) is 78.9 Å². The van der Waals surface area contributed by atoms with Crippen LogP contribution < -0.4 is 4.57 Å². The average Bonchev–Trinajstić information content (AvgIpc) is 2.63. The Hall–Kier alpha value is -2.93. The maximum Gasteiger partial charge on any atom is 0.176 e. The summed E-state index contributed by atoms with van der Waals surface area (Å²) in [4.78, 5) is 0. The fourth-order valence-electron chi connectivity index (χ4n) is 3.23. The van der Waals surface area contributed by atoms with Gasteiger partial charge in [0.1, 0.15) is 0 Å². The number of aromatic nitrogens is 1. The van der Waals surface area contributed by atoms with Crippen LogP contribution in [0, 0.1) is 0 Å². The highest BCUT2D eigenvalue weighted by molar-refractivity contribution is 5.84. The second kappa shape index (κ2) is 6.67. The lowest BCUT2D eigenvalue weighted by Gasteiger charge is -2.07. The molecule has 0 aliphatic heterocycles. The maximum atomic E-state index is 2.30. The molecule has 4 aromatic rings. The molecular weight excluding hydrogens is 290 g/mol. The molecule has 0 amide bonds. The number of pyridine rings is 1. The van der Waals surface area contributed by atoms with Crippen LogP contribution in [0.25, 0.3) is 10.8 Å². The minimum Gasteiger partial charge on any atom is -0.200 e. The lowest BCUT2D eigenvalue weighted by atomic mass is 10.0. The Bertz CT molecular complexity index is 943. The van der Waals surface area contributed by atoms with Gasteiger partial charge in [0.2, 0.25) is 0 Å². The Morgan fingerprint density at radius 1 is 0.583 bits per heavy atom. The van der Waals surface area contributed by atoms with Gasteiger partial charge in [-0.15, -0.1) is 0 Å². The Balaban J connectivity index is 1.76. The summed E-state index contributed by atoms with van der Waals surface area (Å²) in [5.74, 6) is 0. The van der Waals surface area contributed by atoms with Crippen molar-refractivity contribution in [3.05, 3.63) is 114 Å². The summed E-state index contributed by atoms with van der Waals surface area (Å²) in [5, 5.41) is 2.63. The first-order valence-electron chi connectivity index (χ1n) is 8.37. The van der Waals surface area contributed by atoms with Gasteiger partial charge in [0.25, 0.3) is 0 Å². The Kier molecular flexibility index (Phi) is 4.07. The molecule has 1 heteroatoms. The van der Waals surface area contributed by atoms with Crippen LogP contribution in [0.5, 0.6) is 0 Å². The first kappa shape index (κ1) is 14.6. The second-order valence-corrected chi connectivity index (χ2v) is 6.19. The summed E-state index contributed by atoms with van der Waals surface area (Å²) in [6, 6.07) is 30.0. The van der Waals surface area contributed by atoms with Gasteiger partial charge in [-0.25, -0.2) is 0 Å². The van der Waals surface area contributed by atoms with Crippen LogP contribution in [0.1, 0.15) is 16.7 Å². The van der Waals surface area contributed by atoms with Gasteiger partial charge in [0.15, 0.2) is 18.9 Å². The maximum absolute atomic E-state index is 2.30. The van der Waals surface area contributed by atoms with Crippen LogP contribution in [-0.2, 0) is 13.0 Å². The predicted molar refractivity (Wildman–Crippen MR) is 98.9 cm³/mol. The van der Waals surface area contributed by atoms with Crippen LogP contribution in [0.15, 0.2) is 97.3 Å². The number of fused-ring (bicyclic) bond motifs is 1. The molecule has 0 fully saturated rings. The molecule has 0 radical (unpaired) electrons. The molecule has 0 saturated carbocycles. The molecule has 0 saturated heterocycles. The summed E-state index contributed by atoms with van der Waals surface area (Å²) in [5.41, 5.74) is 4.04. The smallest absolute Gasteiger partial charge is 0.176 e. The minimum atomic E-state index is 0.896. The van der Waals surface area contributed by atoms with E-state index in [0.717, 1.165) is 13.0 Å². The Labute approximate surface area is 142 Å². The molecule has 0 N–H and O–H groups in total. The highest BCUT2D eigenvalue weighted by Gasteiger charge is 2.11. The van der Waals surface area contributed by atoms with Crippen molar-refractivity contribution in [1.29, 1.82) is 0 Å². The van der Waals surface area contributed by atoms with Crippen molar-refractivity contribution < 1.29 is 4.57 Å². The van der Waals surface area contributed by atoms with E-state index in [1.54, 1.807) is 0 Å². The van der Waals surface area contributed by atoms with Gasteiger partial charge >= 0.3 is 0 Å². The van der Waals surface area contributed by atoms with Crippen molar-refractivity contribution in [3.8, 4) is 0 Å². The van der Waals surface area contributed by atoms with E-state index in [0.29, 0.717) is 0 Å². The van der Waals surface area contributed by atoms with E-state index >= 15 is 0 Å². The zero-order chi connectivity index (χ0) is 16.2. The van der Waals surface area contributed by atoms with Crippen molar-refractivity contribution in [3.63, 3.8) is 0 Å². The van der Waals surface area contributed by atoms with Crippen molar-refractivity contribution in [1.82, 2.24) is 0 Å². The van der Waals surface area contributed by atoms with Crippen molar-refractivity contribution >= 4 is 10.8 Å². The van der Waals surface area contributed by atoms with Crippen LogP contribution >= 0.6 is 0 Å². The monoisotopic (exact) mass is 310 g/mol. The van der Waals surface area contributed by atoms with E-state index in [2.05, 4.69) is 102 Å². The Morgan fingerprint density at radius 3 is 1.96 bits per heavy atom. The third-order valence-electron chi connectivity index (χ3n) is 4.38. The highest BCUT2D eigenvalue weighted by Crippen LogP contribution is 2.19. The molecule has 24 heavy (non-hydrogen) atoms. The number of benzene rings is 3. The molecule has 1 aromatic heterocycles. The van der Waals surface area contributed by atoms with Crippen LogP contribution in [-0.4, -0.2) is 0 Å². The molecule has 0 atom stereocenters. The van der Waals surface area contributed by atoms with Gasteiger partial charge < -0.3 is 0 Å². The van der Waals surface area contributed by atoms with E-state index in [9.17, 15) is 0 Å². The number of rotatable bonds is 4. The Morgan fingerprint density at radius 2 is 1.21 bits per heavy atom. The summed E-state index contributed by atoms with van der Waals surface area (Å²) in [7, 11) is 0. The SMILES string of the molecule is c1ccc(Cc2c[n+](Cc3ccccc3)cc3ccccc23)cc1. The molecule has 0 aliphatic rings. The van der Waals surface area contributed by atoms with E-state index < -0.39 is 0 Å².